The van der Waals surface area contributed by atoms with Gasteiger partial charge in [0.05, 0.1) is 0 Å². The molecule has 0 spiro atoms. The first-order valence-electron chi connectivity index (χ1n) is 7.19. The fourth-order valence-corrected chi connectivity index (χ4v) is 2.30. The number of pyridine rings is 1. The fraction of sp³-hybridized carbons (Fsp3) is 0.353. The Balaban J connectivity index is 1.76. The Labute approximate surface area is 136 Å². The molecule has 0 fully saturated rings. The molecule has 0 aliphatic rings. The molecule has 1 N–H and O–H groups in total. The number of ether oxygens (including phenoxy) is 1. The molecular weight excluding hydrogens is 300 g/mol. The molecule has 4 nitrogen and oxygen atoms in total. The van der Waals surface area contributed by atoms with Crippen molar-refractivity contribution in [2.24, 2.45) is 0 Å². The van der Waals surface area contributed by atoms with Crippen molar-refractivity contribution in [2.45, 2.75) is 19.6 Å². The van der Waals surface area contributed by atoms with Gasteiger partial charge < -0.3 is 9.84 Å². The van der Waals surface area contributed by atoms with Gasteiger partial charge >= 0.3 is 0 Å². The predicted octanol–water partition coefficient (Wildman–Crippen LogP) is 2.92. The Morgan fingerprint density at radius 3 is 2.82 bits per heavy atom. The number of aliphatic hydroxyl groups excluding tert-OH is 1. The van der Waals surface area contributed by atoms with Crippen molar-refractivity contribution in [2.75, 3.05) is 20.2 Å². The maximum absolute atomic E-state index is 10.1. The number of aryl methyl sites for hydroxylation is 1. The number of aromatic nitrogens is 1. The zero-order chi connectivity index (χ0) is 15.9. The number of hydrogen-bond acceptors (Lipinski definition) is 4. The van der Waals surface area contributed by atoms with Crippen molar-refractivity contribution in [3.63, 3.8) is 0 Å². The Morgan fingerprint density at radius 2 is 2.14 bits per heavy atom. The van der Waals surface area contributed by atoms with E-state index in [4.69, 9.17) is 16.3 Å². The third kappa shape index (κ3) is 5.64. The maximum atomic E-state index is 10.1. The maximum Gasteiger partial charge on any atom is 0.129 e. The van der Waals surface area contributed by atoms with Gasteiger partial charge in [-0.25, -0.2) is 4.98 Å². The van der Waals surface area contributed by atoms with Gasteiger partial charge in [-0.05, 0) is 43.3 Å². The molecule has 0 saturated carbocycles. The molecule has 1 atom stereocenters. The van der Waals surface area contributed by atoms with Gasteiger partial charge in [0, 0.05) is 19.3 Å². The first-order chi connectivity index (χ1) is 10.5. The molecule has 1 unspecified atom stereocenters. The summed E-state index contributed by atoms with van der Waals surface area (Å²) in [5.74, 6) is 0.781. The molecule has 1 aromatic heterocycles. The number of benzene rings is 1. The second-order valence-electron chi connectivity index (χ2n) is 5.47. The predicted molar refractivity (Wildman–Crippen MR) is 88.3 cm³/mol. The minimum atomic E-state index is -0.550. The van der Waals surface area contributed by atoms with Crippen LogP contribution in [0.15, 0.2) is 42.6 Å². The standard InChI is InChI=1S/C17H21ClN2O2/c1-13-4-3-5-16(8-13)22-12-15(21)11-20(2)10-14-6-7-17(18)19-9-14/h3-9,15,21H,10-12H2,1-2H3. The van der Waals surface area contributed by atoms with Crippen LogP contribution in [0.1, 0.15) is 11.1 Å². The third-order valence-corrected chi connectivity index (χ3v) is 3.42. The lowest BCUT2D eigenvalue weighted by Gasteiger charge is -2.20. The summed E-state index contributed by atoms with van der Waals surface area (Å²) in [5, 5.41) is 10.6. The lowest BCUT2D eigenvalue weighted by Crippen LogP contribution is -2.32. The SMILES string of the molecule is Cc1cccc(OCC(O)CN(C)Cc2ccc(Cl)nc2)c1. The second kappa shape index (κ2) is 8.13. The second-order valence-corrected chi connectivity index (χ2v) is 5.85. The minimum absolute atomic E-state index is 0.270. The Bertz CT molecular complexity index is 589. The van der Waals surface area contributed by atoms with Gasteiger partial charge in [-0.2, -0.15) is 0 Å². The van der Waals surface area contributed by atoms with E-state index in [9.17, 15) is 5.11 Å². The van der Waals surface area contributed by atoms with Crippen LogP contribution in [0, 0.1) is 6.92 Å². The zero-order valence-electron chi connectivity index (χ0n) is 12.9. The Morgan fingerprint density at radius 1 is 1.32 bits per heavy atom. The van der Waals surface area contributed by atoms with E-state index >= 15 is 0 Å². The van der Waals surface area contributed by atoms with E-state index < -0.39 is 6.10 Å². The number of likely N-dealkylation sites (N-methyl/N-ethyl adjacent to an activating group) is 1. The number of halogens is 1. The summed E-state index contributed by atoms with van der Waals surface area (Å²) >= 11 is 5.76. The van der Waals surface area contributed by atoms with Crippen LogP contribution < -0.4 is 4.74 Å². The molecule has 2 rings (SSSR count). The monoisotopic (exact) mass is 320 g/mol. The molecule has 118 valence electrons. The number of rotatable bonds is 7. The van der Waals surface area contributed by atoms with Crippen LogP contribution in [-0.2, 0) is 6.54 Å². The van der Waals surface area contributed by atoms with E-state index in [0.717, 1.165) is 16.9 Å². The first kappa shape index (κ1) is 16.7. The summed E-state index contributed by atoms with van der Waals surface area (Å²) in [6, 6.07) is 11.5. The molecule has 22 heavy (non-hydrogen) atoms. The largest absolute Gasteiger partial charge is 0.491 e. The molecule has 0 aliphatic carbocycles. The van der Waals surface area contributed by atoms with E-state index in [-0.39, 0.29) is 6.61 Å². The average Bonchev–Trinajstić information content (AvgIpc) is 2.47. The average molecular weight is 321 g/mol. The Kier molecular flexibility index (Phi) is 6.19. The summed E-state index contributed by atoms with van der Waals surface area (Å²) < 4.78 is 5.61. The van der Waals surface area contributed by atoms with Crippen LogP contribution in [0.4, 0.5) is 0 Å². The Hall–Kier alpha value is -1.62. The topological polar surface area (TPSA) is 45.6 Å². The van der Waals surface area contributed by atoms with Crippen LogP contribution >= 0.6 is 11.6 Å². The lowest BCUT2D eigenvalue weighted by molar-refractivity contribution is 0.0743. The summed E-state index contributed by atoms with van der Waals surface area (Å²) in [6.45, 7) is 3.50. The van der Waals surface area contributed by atoms with Gasteiger partial charge in [-0.3, -0.25) is 4.90 Å². The van der Waals surface area contributed by atoms with Gasteiger partial charge in [0.2, 0.25) is 0 Å². The van der Waals surface area contributed by atoms with E-state index in [1.165, 1.54) is 0 Å². The fourth-order valence-electron chi connectivity index (χ4n) is 2.19. The van der Waals surface area contributed by atoms with Crippen molar-refractivity contribution >= 4 is 11.6 Å². The van der Waals surface area contributed by atoms with Gasteiger partial charge in [0.15, 0.2) is 0 Å². The summed E-state index contributed by atoms with van der Waals surface area (Å²) in [5.41, 5.74) is 2.19. The normalized spacial score (nSPS) is 12.4. The lowest BCUT2D eigenvalue weighted by atomic mass is 10.2. The highest BCUT2D eigenvalue weighted by atomic mass is 35.5. The van der Waals surface area contributed by atoms with Crippen molar-refractivity contribution in [3.05, 3.63) is 58.9 Å². The van der Waals surface area contributed by atoms with Gasteiger partial charge in [-0.15, -0.1) is 0 Å². The summed E-state index contributed by atoms with van der Waals surface area (Å²) in [6.07, 6.45) is 1.19. The molecule has 2 aromatic rings. The van der Waals surface area contributed by atoms with Crippen molar-refractivity contribution in [1.29, 1.82) is 0 Å². The molecule has 1 heterocycles. The molecule has 0 radical (unpaired) electrons. The zero-order valence-corrected chi connectivity index (χ0v) is 13.6. The van der Waals surface area contributed by atoms with Crippen LogP contribution in [-0.4, -0.2) is 41.3 Å². The molecule has 5 heteroatoms. The summed E-state index contributed by atoms with van der Waals surface area (Å²) in [4.78, 5) is 6.07. The van der Waals surface area contributed by atoms with Gasteiger partial charge in [0.1, 0.15) is 23.6 Å². The number of nitrogens with zero attached hydrogens (tertiary/aromatic N) is 2. The third-order valence-electron chi connectivity index (χ3n) is 3.20. The first-order valence-corrected chi connectivity index (χ1v) is 7.57. The van der Waals surface area contributed by atoms with Crippen LogP contribution in [0.5, 0.6) is 5.75 Å². The van der Waals surface area contributed by atoms with Crippen LogP contribution in [0.2, 0.25) is 5.15 Å². The number of hydrogen-bond donors (Lipinski definition) is 1. The van der Waals surface area contributed by atoms with Crippen LogP contribution in [0.3, 0.4) is 0 Å². The van der Waals surface area contributed by atoms with E-state index in [1.54, 1.807) is 12.3 Å². The number of aliphatic hydroxyl groups is 1. The quantitative estimate of drug-likeness (QED) is 0.797. The van der Waals surface area contributed by atoms with Gasteiger partial charge in [-0.1, -0.05) is 29.8 Å². The van der Waals surface area contributed by atoms with Gasteiger partial charge in [0.25, 0.3) is 0 Å². The highest BCUT2D eigenvalue weighted by Gasteiger charge is 2.10. The molecule has 0 amide bonds. The molecular formula is C17H21ClN2O2. The van der Waals surface area contributed by atoms with Crippen LogP contribution in [0.25, 0.3) is 0 Å². The van der Waals surface area contributed by atoms with Crippen molar-refractivity contribution in [3.8, 4) is 5.75 Å². The highest BCUT2D eigenvalue weighted by molar-refractivity contribution is 6.29. The minimum Gasteiger partial charge on any atom is -0.491 e. The van der Waals surface area contributed by atoms with E-state index in [2.05, 4.69) is 4.98 Å². The van der Waals surface area contributed by atoms with E-state index in [0.29, 0.717) is 18.2 Å². The van der Waals surface area contributed by atoms with Crippen molar-refractivity contribution in [1.82, 2.24) is 9.88 Å². The van der Waals surface area contributed by atoms with Crippen molar-refractivity contribution < 1.29 is 9.84 Å². The molecule has 0 aliphatic heterocycles. The van der Waals surface area contributed by atoms with E-state index in [1.807, 2.05) is 49.2 Å². The molecule has 1 aromatic carbocycles. The summed E-state index contributed by atoms with van der Waals surface area (Å²) in [7, 11) is 1.95. The highest BCUT2D eigenvalue weighted by Crippen LogP contribution is 2.13. The smallest absolute Gasteiger partial charge is 0.129 e. The molecule has 0 saturated heterocycles. The molecule has 0 bridgehead atoms.